The molecule has 0 bridgehead atoms. The minimum atomic E-state index is -0.463. The number of hydrogen-bond acceptors (Lipinski definition) is 4. The van der Waals surface area contributed by atoms with Crippen molar-refractivity contribution in [3.05, 3.63) is 58.6 Å². The molecule has 0 unspecified atom stereocenters. The molecule has 21 heavy (non-hydrogen) atoms. The lowest BCUT2D eigenvalue weighted by Crippen LogP contribution is -2.12. The number of anilines is 1. The molecule has 6 heteroatoms. The van der Waals surface area contributed by atoms with Crippen LogP contribution in [0.2, 0.25) is 5.02 Å². The SMILES string of the molecule is C/C(=N\O)c1ccc(NC(=O)c2cc(Cl)ccc2O)cc1. The molecule has 2 rings (SSSR count). The van der Waals surface area contributed by atoms with Crippen molar-refractivity contribution < 1.29 is 15.1 Å². The molecule has 0 atom stereocenters. The minimum Gasteiger partial charge on any atom is -0.507 e. The Labute approximate surface area is 126 Å². The highest BCUT2D eigenvalue weighted by Crippen LogP contribution is 2.22. The van der Waals surface area contributed by atoms with E-state index in [4.69, 9.17) is 16.8 Å². The summed E-state index contributed by atoms with van der Waals surface area (Å²) in [4.78, 5) is 12.1. The van der Waals surface area contributed by atoms with Crippen molar-refractivity contribution in [2.75, 3.05) is 5.32 Å². The Kier molecular flexibility index (Phi) is 4.45. The third-order valence-electron chi connectivity index (χ3n) is 2.91. The summed E-state index contributed by atoms with van der Waals surface area (Å²) in [6.07, 6.45) is 0. The number of carbonyl (C=O) groups is 1. The number of nitrogens with zero attached hydrogens (tertiary/aromatic N) is 1. The maximum atomic E-state index is 12.1. The fourth-order valence-electron chi connectivity index (χ4n) is 1.74. The van der Waals surface area contributed by atoms with E-state index in [-0.39, 0.29) is 11.3 Å². The zero-order valence-electron chi connectivity index (χ0n) is 11.2. The number of benzene rings is 2. The summed E-state index contributed by atoms with van der Waals surface area (Å²) in [7, 11) is 0. The van der Waals surface area contributed by atoms with Crippen LogP contribution in [0.25, 0.3) is 0 Å². The van der Waals surface area contributed by atoms with E-state index >= 15 is 0 Å². The van der Waals surface area contributed by atoms with Crippen molar-refractivity contribution in [1.29, 1.82) is 0 Å². The second-order valence-electron chi connectivity index (χ2n) is 4.38. The molecule has 108 valence electrons. The first-order chi connectivity index (χ1) is 10.0. The molecular formula is C15H13ClN2O3. The van der Waals surface area contributed by atoms with Gasteiger partial charge in [-0.25, -0.2) is 0 Å². The number of hydrogen-bond donors (Lipinski definition) is 3. The summed E-state index contributed by atoms with van der Waals surface area (Å²) in [6, 6.07) is 11.0. The van der Waals surface area contributed by atoms with E-state index in [1.165, 1.54) is 18.2 Å². The smallest absolute Gasteiger partial charge is 0.259 e. The summed E-state index contributed by atoms with van der Waals surface area (Å²) in [5, 5.41) is 24.5. The quantitative estimate of drug-likeness (QED) is 0.461. The van der Waals surface area contributed by atoms with Crippen molar-refractivity contribution in [2.24, 2.45) is 5.16 Å². The van der Waals surface area contributed by atoms with Crippen LogP contribution < -0.4 is 5.32 Å². The molecule has 0 aliphatic carbocycles. The Morgan fingerprint density at radius 3 is 2.48 bits per heavy atom. The molecule has 0 heterocycles. The molecule has 0 fully saturated rings. The van der Waals surface area contributed by atoms with Gasteiger partial charge in [0.1, 0.15) is 5.75 Å². The molecule has 0 saturated heterocycles. The van der Waals surface area contributed by atoms with Gasteiger partial charge in [-0.1, -0.05) is 28.9 Å². The Hall–Kier alpha value is -2.53. The predicted octanol–water partition coefficient (Wildman–Crippen LogP) is 3.50. The van der Waals surface area contributed by atoms with Gasteiger partial charge in [-0.15, -0.1) is 0 Å². The van der Waals surface area contributed by atoms with Gasteiger partial charge in [0.2, 0.25) is 0 Å². The summed E-state index contributed by atoms with van der Waals surface area (Å²) >= 11 is 5.81. The standard InChI is InChI=1S/C15H13ClN2O3/c1-9(18-21)10-2-5-12(6-3-10)17-15(20)13-8-11(16)4-7-14(13)19/h2-8,19,21H,1H3,(H,17,20)/b18-9+. The molecule has 0 radical (unpaired) electrons. The van der Waals surface area contributed by atoms with E-state index in [0.717, 1.165) is 5.56 Å². The number of aromatic hydroxyl groups is 1. The number of carbonyl (C=O) groups excluding carboxylic acids is 1. The fraction of sp³-hybridized carbons (Fsp3) is 0.0667. The van der Waals surface area contributed by atoms with Crippen LogP contribution in [0, 0.1) is 0 Å². The van der Waals surface area contributed by atoms with Crippen LogP contribution in [0.5, 0.6) is 5.75 Å². The first-order valence-corrected chi connectivity index (χ1v) is 6.48. The van der Waals surface area contributed by atoms with E-state index in [2.05, 4.69) is 10.5 Å². The summed E-state index contributed by atoms with van der Waals surface area (Å²) < 4.78 is 0. The van der Waals surface area contributed by atoms with Crippen LogP contribution in [-0.2, 0) is 0 Å². The van der Waals surface area contributed by atoms with E-state index in [1.807, 2.05) is 0 Å². The van der Waals surface area contributed by atoms with Crippen LogP contribution >= 0.6 is 11.6 Å². The van der Waals surface area contributed by atoms with Gasteiger partial charge in [0.15, 0.2) is 0 Å². The number of phenols is 1. The Morgan fingerprint density at radius 2 is 1.86 bits per heavy atom. The van der Waals surface area contributed by atoms with Gasteiger partial charge in [0, 0.05) is 10.7 Å². The zero-order chi connectivity index (χ0) is 15.4. The maximum absolute atomic E-state index is 12.1. The number of phenolic OH excluding ortho intramolecular Hbond substituents is 1. The summed E-state index contributed by atoms with van der Waals surface area (Å²) in [6.45, 7) is 1.66. The number of rotatable bonds is 3. The molecule has 2 aromatic carbocycles. The highest BCUT2D eigenvalue weighted by atomic mass is 35.5. The van der Waals surface area contributed by atoms with Crippen molar-refractivity contribution >= 4 is 28.9 Å². The van der Waals surface area contributed by atoms with Gasteiger partial charge >= 0.3 is 0 Å². The second-order valence-corrected chi connectivity index (χ2v) is 4.81. The lowest BCUT2D eigenvalue weighted by atomic mass is 10.1. The Balaban J connectivity index is 2.18. The Morgan fingerprint density at radius 1 is 1.19 bits per heavy atom. The maximum Gasteiger partial charge on any atom is 0.259 e. The van der Waals surface area contributed by atoms with E-state index in [9.17, 15) is 9.90 Å². The predicted molar refractivity (Wildman–Crippen MR) is 81.5 cm³/mol. The normalized spacial score (nSPS) is 11.2. The molecule has 0 spiro atoms. The van der Waals surface area contributed by atoms with E-state index in [0.29, 0.717) is 16.4 Å². The second kappa shape index (κ2) is 6.28. The average molecular weight is 305 g/mol. The van der Waals surface area contributed by atoms with E-state index in [1.54, 1.807) is 31.2 Å². The first-order valence-electron chi connectivity index (χ1n) is 6.10. The van der Waals surface area contributed by atoms with Crippen molar-refractivity contribution in [1.82, 2.24) is 0 Å². The van der Waals surface area contributed by atoms with Gasteiger partial charge in [-0.3, -0.25) is 4.79 Å². The van der Waals surface area contributed by atoms with Gasteiger partial charge in [0.25, 0.3) is 5.91 Å². The van der Waals surface area contributed by atoms with Crippen molar-refractivity contribution in [2.45, 2.75) is 6.92 Å². The van der Waals surface area contributed by atoms with Crippen LogP contribution in [0.15, 0.2) is 47.6 Å². The molecule has 2 aromatic rings. The lowest BCUT2D eigenvalue weighted by Gasteiger charge is -2.08. The highest BCUT2D eigenvalue weighted by Gasteiger charge is 2.12. The van der Waals surface area contributed by atoms with Crippen molar-refractivity contribution in [3.8, 4) is 5.75 Å². The highest BCUT2D eigenvalue weighted by molar-refractivity contribution is 6.31. The zero-order valence-corrected chi connectivity index (χ0v) is 11.9. The number of nitrogens with one attached hydrogen (secondary N) is 1. The van der Waals surface area contributed by atoms with Crippen molar-refractivity contribution in [3.63, 3.8) is 0 Å². The average Bonchev–Trinajstić information content (AvgIpc) is 2.49. The largest absolute Gasteiger partial charge is 0.507 e. The number of halogens is 1. The summed E-state index contributed by atoms with van der Waals surface area (Å²) in [5.41, 5.74) is 1.86. The third-order valence-corrected chi connectivity index (χ3v) is 3.15. The summed E-state index contributed by atoms with van der Waals surface area (Å²) in [5.74, 6) is -0.605. The molecule has 0 aliphatic heterocycles. The van der Waals surface area contributed by atoms with E-state index < -0.39 is 5.91 Å². The van der Waals surface area contributed by atoms with Crippen LogP contribution in [0.4, 0.5) is 5.69 Å². The first kappa shape index (κ1) is 14.9. The van der Waals surface area contributed by atoms with Crippen LogP contribution in [-0.4, -0.2) is 21.9 Å². The fourth-order valence-corrected chi connectivity index (χ4v) is 1.91. The minimum absolute atomic E-state index is 0.0969. The van der Waals surface area contributed by atoms with Gasteiger partial charge in [-0.05, 0) is 42.8 Å². The molecule has 0 aliphatic rings. The molecule has 1 amide bonds. The number of oxime groups is 1. The number of amides is 1. The molecule has 0 aromatic heterocycles. The molecule has 3 N–H and O–H groups in total. The van der Waals surface area contributed by atoms with Gasteiger partial charge in [-0.2, -0.15) is 0 Å². The molecule has 5 nitrogen and oxygen atoms in total. The third kappa shape index (κ3) is 3.52. The van der Waals surface area contributed by atoms with Crippen LogP contribution in [0.1, 0.15) is 22.8 Å². The molecule has 0 saturated carbocycles. The monoisotopic (exact) mass is 304 g/mol. The van der Waals surface area contributed by atoms with Gasteiger partial charge in [0.05, 0.1) is 11.3 Å². The Bertz CT molecular complexity index is 697. The molecular weight excluding hydrogens is 292 g/mol. The lowest BCUT2D eigenvalue weighted by molar-refractivity contribution is 0.102. The van der Waals surface area contributed by atoms with Crippen LogP contribution in [0.3, 0.4) is 0 Å². The topological polar surface area (TPSA) is 81.9 Å². The van der Waals surface area contributed by atoms with Gasteiger partial charge < -0.3 is 15.6 Å².